The maximum absolute atomic E-state index is 15.2. The lowest BCUT2D eigenvalue weighted by molar-refractivity contribution is -0.0522. The molecule has 4 rings (SSSR count). The quantitative estimate of drug-likeness (QED) is 0.151. The number of halogens is 4. The summed E-state index contributed by atoms with van der Waals surface area (Å²) in [4.78, 5) is 0. The Morgan fingerprint density at radius 1 is 0.694 bits per heavy atom. The van der Waals surface area contributed by atoms with E-state index in [1.54, 1.807) is 6.07 Å². The number of fused-ring (bicyclic) bond motifs is 1. The normalized spacial score (nSPS) is 11.2. The second-order valence-corrected chi connectivity index (χ2v) is 8.88. The maximum Gasteiger partial charge on any atom is 0.387 e. The van der Waals surface area contributed by atoms with Crippen molar-refractivity contribution in [3.8, 4) is 5.75 Å². The molecule has 0 atom stereocenters. The van der Waals surface area contributed by atoms with Crippen molar-refractivity contribution < 1.29 is 22.3 Å². The molecule has 0 fully saturated rings. The zero-order valence-corrected chi connectivity index (χ0v) is 20.0. The highest BCUT2D eigenvalue weighted by atomic mass is 19.3. The number of allylic oxidation sites excluding steroid dienone is 1. The molecule has 0 N–H and O–H groups in total. The molecule has 186 valence electrons. The van der Waals surface area contributed by atoms with Crippen LogP contribution in [0.15, 0.2) is 85.5 Å². The van der Waals surface area contributed by atoms with E-state index >= 15 is 4.39 Å². The molecule has 0 heterocycles. The van der Waals surface area contributed by atoms with Gasteiger partial charge in [-0.3, -0.25) is 0 Å². The molecule has 4 aromatic carbocycles. The molecule has 5 heteroatoms. The highest BCUT2D eigenvalue weighted by Gasteiger charge is 2.12. The van der Waals surface area contributed by atoms with Crippen LogP contribution in [0, 0.1) is 11.6 Å². The van der Waals surface area contributed by atoms with Crippen LogP contribution in [0.1, 0.15) is 34.2 Å². The Balaban J connectivity index is 1.39. The van der Waals surface area contributed by atoms with Gasteiger partial charge in [0.25, 0.3) is 0 Å². The zero-order chi connectivity index (χ0) is 25.5. The van der Waals surface area contributed by atoms with Crippen molar-refractivity contribution in [2.24, 2.45) is 0 Å². The van der Waals surface area contributed by atoms with Crippen molar-refractivity contribution in [1.29, 1.82) is 0 Å². The molecule has 0 aliphatic rings. The minimum absolute atomic E-state index is 0.285. The number of aryl methyl sites for hydroxylation is 5. The van der Waals surface area contributed by atoms with Gasteiger partial charge in [-0.25, -0.2) is 8.78 Å². The van der Waals surface area contributed by atoms with Crippen LogP contribution in [-0.4, -0.2) is 6.61 Å². The summed E-state index contributed by atoms with van der Waals surface area (Å²) < 4.78 is 57.9. The lowest BCUT2D eigenvalue weighted by atomic mass is 9.97. The largest absolute Gasteiger partial charge is 0.432 e. The third kappa shape index (κ3) is 6.54. The standard InChI is InChI=1S/C31H28F4O/c1-2-3-4-21-5-7-22(8-6-21)9-10-23-12-17-27-26(19-23)16-15-25(30(27)33)14-11-24-13-18-29(28(32)20-24)36-31(34)35/h2,5-8,12-13,15-20,31H,1,3-4,9-11,14H2. The third-order valence-electron chi connectivity index (χ3n) is 6.36. The van der Waals surface area contributed by atoms with Gasteiger partial charge in [0, 0.05) is 5.39 Å². The smallest absolute Gasteiger partial charge is 0.387 e. The predicted octanol–water partition coefficient (Wildman–Crippen LogP) is 8.41. The van der Waals surface area contributed by atoms with Crippen LogP contribution in [-0.2, 0) is 32.1 Å². The van der Waals surface area contributed by atoms with Crippen molar-refractivity contribution in [3.05, 3.63) is 125 Å². The lowest BCUT2D eigenvalue weighted by Crippen LogP contribution is -2.04. The second kappa shape index (κ2) is 11.9. The molecule has 0 spiro atoms. The van der Waals surface area contributed by atoms with Gasteiger partial charge in [0.05, 0.1) is 0 Å². The summed E-state index contributed by atoms with van der Waals surface area (Å²) in [6.45, 7) is 0.677. The van der Waals surface area contributed by atoms with Crippen molar-refractivity contribution in [2.75, 3.05) is 0 Å². The van der Waals surface area contributed by atoms with Crippen LogP contribution < -0.4 is 4.74 Å². The molecule has 0 unspecified atom stereocenters. The van der Waals surface area contributed by atoms with E-state index in [9.17, 15) is 13.2 Å². The Labute approximate surface area is 209 Å². The van der Waals surface area contributed by atoms with Crippen LogP contribution in [0.2, 0.25) is 0 Å². The number of benzene rings is 4. The summed E-state index contributed by atoms with van der Waals surface area (Å²) >= 11 is 0. The summed E-state index contributed by atoms with van der Waals surface area (Å²) in [5.74, 6) is -1.64. The van der Waals surface area contributed by atoms with E-state index in [1.165, 1.54) is 23.3 Å². The van der Waals surface area contributed by atoms with E-state index in [0.29, 0.717) is 29.4 Å². The predicted molar refractivity (Wildman–Crippen MR) is 137 cm³/mol. The Kier molecular flexibility index (Phi) is 8.42. The van der Waals surface area contributed by atoms with E-state index in [4.69, 9.17) is 0 Å². The fourth-order valence-electron chi connectivity index (χ4n) is 4.34. The molecule has 0 aromatic heterocycles. The van der Waals surface area contributed by atoms with Gasteiger partial charge in [-0.1, -0.05) is 66.7 Å². The Hall–Kier alpha value is -3.60. The number of hydrogen-bond acceptors (Lipinski definition) is 1. The fourth-order valence-corrected chi connectivity index (χ4v) is 4.34. The molecule has 4 aromatic rings. The minimum Gasteiger partial charge on any atom is -0.432 e. The van der Waals surface area contributed by atoms with Gasteiger partial charge in [0.1, 0.15) is 5.82 Å². The Bertz CT molecular complexity index is 1330. The summed E-state index contributed by atoms with van der Waals surface area (Å²) in [6.07, 6.45) is 6.41. The first-order valence-corrected chi connectivity index (χ1v) is 12.0. The Morgan fingerprint density at radius 3 is 2.00 bits per heavy atom. The van der Waals surface area contributed by atoms with Crippen molar-refractivity contribution >= 4 is 10.8 Å². The van der Waals surface area contributed by atoms with Crippen LogP contribution in [0.5, 0.6) is 5.75 Å². The summed E-state index contributed by atoms with van der Waals surface area (Å²) in [7, 11) is 0. The van der Waals surface area contributed by atoms with Gasteiger partial charge in [-0.05, 0) is 83.9 Å². The van der Waals surface area contributed by atoms with E-state index in [2.05, 4.69) is 35.6 Å². The lowest BCUT2D eigenvalue weighted by Gasteiger charge is -2.10. The number of ether oxygens (including phenoxy) is 1. The van der Waals surface area contributed by atoms with Gasteiger partial charge in [0.2, 0.25) is 0 Å². The van der Waals surface area contributed by atoms with Crippen molar-refractivity contribution in [1.82, 2.24) is 0 Å². The van der Waals surface area contributed by atoms with Crippen molar-refractivity contribution in [3.63, 3.8) is 0 Å². The topological polar surface area (TPSA) is 9.23 Å². The molecule has 1 nitrogen and oxygen atoms in total. The van der Waals surface area contributed by atoms with Crippen LogP contribution >= 0.6 is 0 Å². The first kappa shape index (κ1) is 25.5. The minimum atomic E-state index is -3.09. The van der Waals surface area contributed by atoms with E-state index in [-0.39, 0.29) is 5.82 Å². The fraction of sp³-hybridized carbons (Fsp3) is 0.226. The maximum atomic E-state index is 15.2. The van der Waals surface area contributed by atoms with Crippen LogP contribution in [0.3, 0.4) is 0 Å². The molecule has 0 saturated carbocycles. The highest BCUT2D eigenvalue weighted by Crippen LogP contribution is 2.26. The zero-order valence-electron chi connectivity index (χ0n) is 20.0. The molecular weight excluding hydrogens is 464 g/mol. The van der Waals surface area contributed by atoms with Gasteiger partial charge < -0.3 is 4.74 Å². The highest BCUT2D eigenvalue weighted by molar-refractivity contribution is 5.84. The van der Waals surface area contributed by atoms with Gasteiger partial charge in [-0.2, -0.15) is 8.78 Å². The summed E-state index contributed by atoms with van der Waals surface area (Å²) in [6, 6.07) is 22.0. The first-order chi connectivity index (χ1) is 17.4. The Morgan fingerprint density at radius 2 is 1.31 bits per heavy atom. The summed E-state index contributed by atoms with van der Waals surface area (Å²) in [5.41, 5.74) is 4.83. The van der Waals surface area contributed by atoms with Gasteiger partial charge >= 0.3 is 6.61 Å². The SMILES string of the molecule is C=CCCc1ccc(CCc2ccc3c(F)c(CCc4ccc(OC(F)F)c(F)c4)ccc3c2)cc1. The van der Waals surface area contributed by atoms with E-state index in [0.717, 1.165) is 42.7 Å². The molecule has 0 saturated heterocycles. The van der Waals surface area contributed by atoms with E-state index < -0.39 is 18.2 Å². The van der Waals surface area contributed by atoms with E-state index in [1.807, 2.05) is 30.3 Å². The number of hydrogen-bond donors (Lipinski definition) is 0. The number of rotatable bonds is 11. The molecule has 36 heavy (non-hydrogen) atoms. The monoisotopic (exact) mass is 492 g/mol. The van der Waals surface area contributed by atoms with Crippen molar-refractivity contribution in [2.45, 2.75) is 45.1 Å². The van der Waals surface area contributed by atoms with Gasteiger partial charge in [0.15, 0.2) is 11.6 Å². The molecule has 0 radical (unpaired) electrons. The van der Waals surface area contributed by atoms with Crippen LogP contribution in [0.25, 0.3) is 10.8 Å². The van der Waals surface area contributed by atoms with Gasteiger partial charge in [-0.15, -0.1) is 6.58 Å². The molecular formula is C31H28F4O. The molecule has 0 bridgehead atoms. The third-order valence-corrected chi connectivity index (χ3v) is 6.36. The molecule has 0 amide bonds. The number of alkyl halides is 2. The van der Waals surface area contributed by atoms with Crippen LogP contribution in [0.4, 0.5) is 17.6 Å². The average Bonchev–Trinajstić information content (AvgIpc) is 2.87. The first-order valence-electron chi connectivity index (χ1n) is 12.0. The average molecular weight is 493 g/mol. The molecule has 0 aliphatic heterocycles. The second-order valence-electron chi connectivity index (χ2n) is 8.88. The summed E-state index contributed by atoms with van der Waals surface area (Å²) in [5, 5.41) is 1.39. The molecule has 0 aliphatic carbocycles.